The number of nitrogens with one attached hydrogen (secondary N) is 1. The van der Waals surface area contributed by atoms with Crippen LogP contribution in [0.25, 0.3) is 6.08 Å². The van der Waals surface area contributed by atoms with Gasteiger partial charge in [-0.15, -0.1) is 11.8 Å². The molecule has 1 aliphatic carbocycles. The average Bonchev–Trinajstić information content (AvgIpc) is 2.83. The van der Waals surface area contributed by atoms with E-state index in [0.717, 1.165) is 29.7 Å². The number of carbonyl (C=O) groups excluding carboxylic acids is 2. The van der Waals surface area contributed by atoms with Gasteiger partial charge in [-0.05, 0) is 67.0 Å². The zero-order valence-electron chi connectivity index (χ0n) is 20.5. The highest BCUT2D eigenvalue weighted by Crippen LogP contribution is 2.42. The van der Waals surface area contributed by atoms with Crippen LogP contribution in [0.3, 0.4) is 0 Å². The summed E-state index contributed by atoms with van der Waals surface area (Å²) in [5, 5.41) is 3.44. The predicted molar refractivity (Wildman–Crippen MR) is 142 cm³/mol. The van der Waals surface area contributed by atoms with Crippen molar-refractivity contribution in [2.45, 2.75) is 70.7 Å². The van der Waals surface area contributed by atoms with Crippen molar-refractivity contribution in [1.29, 1.82) is 0 Å². The van der Waals surface area contributed by atoms with Gasteiger partial charge in [0.2, 0.25) is 0 Å². The van der Waals surface area contributed by atoms with E-state index in [-0.39, 0.29) is 11.8 Å². The number of aryl methyl sites for hydroxylation is 1. The fraction of sp³-hybridized carbons (Fsp3) is 0.448. The first kappa shape index (κ1) is 24.6. The van der Waals surface area contributed by atoms with E-state index in [2.05, 4.69) is 55.3 Å². The molecule has 2 aromatic carbocycles. The molecule has 2 amide bonds. The van der Waals surface area contributed by atoms with Gasteiger partial charge >= 0.3 is 0 Å². The van der Waals surface area contributed by atoms with Crippen molar-refractivity contribution < 1.29 is 9.59 Å². The number of hydrogen-bond donors (Lipinski definition) is 1. The van der Waals surface area contributed by atoms with E-state index < -0.39 is 0 Å². The normalized spacial score (nSPS) is 21.6. The minimum absolute atomic E-state index is 0.0441. The Morgan fingerprint density at radius 2 is 1.85 bits per heavy atom. The minimum atomic E-state index is -0.0441. The van der Waals surface area contributed by atoms with Crippen LogP contribution in [-0.4, -0.2) is 34.6 Å². The Hall–Kier alpha value is -2.53. The van der Waals surface area contributed by atoms with E-state index >= 15 is 0 Å². The fourth-order valence-electron chi connectivity index (χ4n) is 4.79. The number of rotatable bonds is 7. The molecule has 0 bridgehead atoms. The van der Waals surface area contributed by atoms with Crippen LogP contribution in [0.15, 0.2) is 53.4 Å². The third kappa shape index (κ3) is 5.93. The van der Waals surface area contributed by atoms with E-state index in [0.29, 0.717) is 35.9 Å². The van der Waals surface area contributed by atoms with Gasteiger partial charge in [-0.2, -0.15) is 0 Å². The average molecular weight is 477 g/mol. The Morgan fingerprint density at radius 3 is 2.59 bits per heavy atom. The Morgan fingerprint density at radius 1 is 1.12 bits per heavy atom. The molecule has 34 heavy (non-hydrogen) atoms. The Bertz CT molecular complexity index is 1040. The van der Waals surface area contributed by atoms with Crippen LogP contribution in [0.2, 0.25) is 0 Å². The number of fused-ring (bicyclic) bond motifs is 1. The van der Waals surface area contributed by atoms with Gasteiger partial charge in [0.15, 0.2) is 0 Å². The summed E-state index contributed by atoms with van der Waals surface area (Å²) < 4.78 is 0. The van der Waals surface area contributed by atoms with Gasteiger partial charge in [0.05, 0.1) is 4.91 Å². The van der Waals surface area contributed by atoms with Crippen molar-refractivity contribution in [2.24, 2.45) is 5.92 Å². The summed E-state index contributed by atoms with van der Waals surface area (Å²) in [6.45, 7) is 7.77. The van der Waals surface area contributed by atoms with Gasteiger partial charge in [-0.25, -0.2) is 0 Å². The Labute approximate surface area is 208 Å². The van der Waals surface area contributed by atoms with Crippen molar-refractivity contribution >= 4 is 29.7 Å². The maximum absolute atomic E-state index is 13.6. The first-order valence-electron chi connectivity index (χ1n) is 12.5. The van der Waals surface area contributed by atoms with Crippen molar-refractivity contribution in [3.8, 4) is 0 Å². The lowest BCUT2D eigenvalue weighted by atomic mass is 9.92. The quantitative estimate of drug-likeness (QED) is 0.484. The van der Waals surface area contributed by atoms with Crippen LogP contribution in [0.4, 0.5) is 0 Å². The molecule has 1 aliphatic heterocycles. The predicted octanol–water partition coefficient (Wildman–Crippen LogP) is 6.20. The molecule has 1 saturated carbocycles. The summed E-state index contributed by atoms with van der Waals surface area (Å²) in [5.41, 5.74) is 4.06. The number of amides is 2. The van der Waals surface area contributed by atoms with Crippen LogP contribution in [0.5, 0.6) is 0 Å². The molecule has 1 heterocycles. The molecule has 180 valence electrons. The largest absolute Gasteiger partial charge is 0.352 e. The van der Waals surface area contributed by atoms with Gasteiger partial charge in [-0.1, -0.05) is 63.1 Å². The summed E-state index contributed by atoms with van der Waals surface area (Å²) >= 11 is 1.75. The van der Waals surface area contributed by atoms with E-state index in [1.54, 1.807) is 11.8 Å². The second kappa shape index (κ2) is 11.3. The first-order valence-corrected chi connectivity index (χ1v) is 13.4. The van der Waals surface area contributed by atoms with Crippen molar-refractivity contribution in [3.05, 3.63) is 75.7 Å². The molecule has 2 aromatic rings. The third-order valence-corrected chi connectivity index (χ3v) is 8.30. The van der Waals surface area contributed by atoms with Gasteiger partial charge in [0.25, 0.3) is 11.8 Å². The second-order valence-corrected chi connectivity index (χ2v) is 11.2. The van der Waals surface area contributed by atoms with Crippen molar-refractivity contribution in [1.82, 2.24) is 10.2 Å². The molecule has 4 rings (SSSR count). The molecule has 1 saturated heterocycles. The van der Waals surface area contributed by atoms with Crippen molar-refractivity contribution in [2.75, 3.05) is 6.54 Å². The molecule has 5 heteroatoms. The molecule has 2 fully saturated rings. The highest BCUT2D eigenvalue weighted by Gasteiger charge is 2.40. The van der Waals surface area contributed by atoms with Gasteiger partial charge in [0, 0.05) is 29.9 Å². The van der Waals surface area contributed by atoms with Crippen LogP contribution in [0.1, 0.15) is 73.0 Å². The number of hydrogen-bond acceptors (Lipinski definition) is 3. The summed E-state index contributed by atoms with van der Waals surface area (Å²) in [6.07, 6.45) is 7.63. The highest BCUT2D eigenvalue weighted by atomic mass is 32.2. The standard InChI is InChI=1S/C29H36N2O2S/c1-20(2)16-17-30-28(32)23-14-12-22(13-15-23)18-27-29(33)31(19-24-9-5-4-8-21(24)3)25-10-6-7-11-26(25)34-27/h4-5,8-9,12-15,18,20,25-26H,6-7,10-11,16-17,19H2,1-3H3,(H,30,32)/b27-18+. The van der Waals surface area contributed by atoms with E-state index in [1.165, 1.54) is 24.0 Å². The zero-order chi connectivity index (χ0) is 24.1. The lowest BCUT2D eigenvalue weighted by Crippen LogP contribution is -2.50. The summed E-state index contributed by atoms with van der Waals surface area (Å²) in [4.78, 5) is 28.9. The Kier molecular flexibility index (Phi) is 8.15. The number of carbonyl (C=O) groups is 2. The Balaban J connectivity index is 1.51. The van der Waals surface area contributed by atoms with Gasteiger partial charge in [0.1, 0.15) is 0 Å². The van der Waals surface area contributed by atoms with Gasteiger partial charge < -0.3 is 10.2 Å². The highest BCUT2D eigenvalue weighted by molar-refractivity contribution is 8.04. The molecule has 2 aliphatic rings. The topological polar surface area (TPSA) is 49.4 Å². The van der Waals surface area contributed by atoms with Gasteiger partial charge in [-0.3, -0.25) is 9.59 Å². The minimum Gasteiger partial charge on any atom is -0.352 e. The summed E-state index contributed by atoms with van der Waals surface area (Å²) in [7, 11) is 0. The molecular weight excluding hydrogens is 440 g/mol. The fourth-order valence-corrected chi connectivity index (χ4v) is 6.26. The molecular formula is C29H36N2O2S. The smallest absolute Gasteiger partial charge is 0.260 e. The first-order chi connectivity index (χ1) is 16.4. The lowest BCUT2D eigenvalue weighted by molar-refractivity contribution is -0.130. The third-order valence-electron chi connectivity index (χ3n) is 6.90. The van der Waals surface area contributed by atoms with Crippen molar-refractivity contribution in [3.63, 3.8) is 0 Å². The molecule has 1 N–H and O–H groups in total. The molecule has 0 aromatic heterocycles. The second-order valence-electron chi connectivity index (χ2n) is 9.94. The monoisotopic (exact) mass is 476 g/mol. The maximum atomic E-state index is 13.6. The molecule has 4 nitrogen and oxygen atoms in total. The van der Waals surface area contributed by atoms with Crippen LogP contribution >= 0.6 is 11.8 Å². The lowest BCUT2D eigenvalue weighted by Gasteiger charge is -2.44. The van der Waals surface area contributed by atoms with Crippen LogP contribution < -0.4 is 5.32 Å². The maximum Gasteiger partial charge on any atom is 0.260 e. The molecule has 2 unspecified atom stereocenters. The SMILES string of the molecule is Cc1ccccc1CN1C(=O)/C(=C\c2ccc(C(=O)NCCC(C)C)cc2)SC2CCCCC21. The van der Waals surface area contributed by atoms with Crippen LogP contribution in [0, 0.1) is 12.8 Å². The van der Waals surface area contributed by atoms with E-state index in [9.17, 15) is 9.59 Å². The molecule has 2 atom stereocenters. The number of thioether (sulfide) groups is 1. The zero-order valence-corrected chi connectivity index (χ0v) is 21.4. The molecule has 0 radical (unpaired) electrons. The van der Waals surface area contributed by atoms with E-state index in [1.807, 2.05) is 30.3 Å². The summed E-state index contributed by atoms with van der Waals surface area (Å²) in [5.74, 6) is 0.651. The summed E-state index contributed by atoms with van der Waals surface area (Å²) in [6, 6.07) is 16.3. The molecule has 0 spiro atoms. The number of nitrogens with zero attached hydrogens (tertiary/aromatic N) is 1. The van der Waals surface area contributed by atoms with Crippen LogP contribution in [-0.2, 0) is 11.3 Å². The number of benzene rings is 2. The van der Waals surface area contributed by atoms with E-state index in [4.69, 9.17) is 0 Å².